The summed E-state index contributed by atoms with van der Waals surface area (Å²) in [5, 5.41) is 13.9. The van der Waals surface area contributed by atoms with Crippen LogP contribution in [-0.4, -0.2) is 41.5 Å². The molecule has 0 unspecified atom stereocenters. The predicted octanol–water partition coefficient (Wildman–Crippen LogP) is 3.40. The van der Waals surface area contributed by atoms with Crippen LogP contribution in [-0.2, 0) is 7.05 Å². The minimum atomic E-state index is -0.879. The second-order valence-corrected chi connectivity index (χ2v) is 8.45. The van der Waals surface area contributed by atoms with Crippen LogP contribution < -0.4 is 20.5 Å². The number of aryl methyl sites for hydroxylation is 1. The van der Waals surface area contributed by atoms with Crippen molar-refractivity contribution in [2.75, 3.05) is 24.6 Å². The zero-order valence-electron chi connectivity index (χ0n) is 16.9. The van der Waals surface area contributed by atoms with E-state index in [1.807, 2.05) is 6.92 Å². The maximum atomic E-state index is 15.9. The van der Waals surface area contributed by atoms with E-state index in [0.29, 0.717) is 30.8 Å². The Hall–Kier alpha value is -2.84. The van der Waals surface area contributed by atoms with E-state index in [1.165, 1.54) is 25.2 Å². The first-order valence-electron chi connectivity index (χ1n) is 9.95. The summed E-state index contributed by atoms with van der Waals surface area (Å²) in [6.45, 7) is 3.64. The number of nitrogens with one attached hydrogen (secondary N) is 1. The molecule has 1 saturated heterocycles. The van der Waals surface area contributed by atoms with E-state index in [9.17, 15) is 14.3 Å². The molecular weight excluding hydrogens is 428 g/mol. The van der Waals surface area contributed by atoms with E-state index in [0.717, 1.165) is 10.6 Å². The number of hydrogen-bond acceptors (Lipinski definition) is 5. The lowest BCUT2D eigenvalue weighted by atomic mass is 9.98. The summed E-state index contributed by atoms with van der Waals surface area (Å²) in [6, 6.07) is 5.34. The molecule has 0 spiro atoms. The molecule has 1 fully saturated rings. The lowest BCUT2D eigenvalue weighted by Crippen LogP contribution is -2.59. The highest BCUT2D eigenvalue weighted by atomic mass is 35.5. The molecule has 1 aromatic heterocycles. The molecule has 2 N–H and O–H groups in total. The normalized spacial score (nSPS) is 20.4. The van der Waals surface area contributed by atoms with Crippen LogP contribution in [0.1, 0.15) is 6.92 Å². The van der Waals surface area contributed by atoms with Gasteiger partial charge in [-0.25, -0.2) is 8.78 Å². The number of aromatic nitrogens is 1. The maximum Gasteiger partial charge on any atom is 0.295 e. The van der Waals surface area contributed by atoms with Crippen molar-refractivity contribution >= 4 is 28.2 Å². The molecule has 0 amide bonds. The topological polar surface area (TPSA) is 66.7 Å². The van der Waals surface area contributed by atoms with Crippen LogP contribution in [0.4, 0.5) is 14.5 Å². The third kappa shape index (κ3) is 2.89. The molecule has 3 heterocycles. The highest BCUT2D eigenvalue weighted by Crippen LogP contribution is 2.45. The van der Waals surface area contributed by atoms with E-state index in [2.05, 4.69) is 10.2 Å². The van der Waals surface area contributed by atoms with Crippen LogP contribution in [0.3, 0.4) is 0 Å². The zero-order valence-corrected chi connectivity index (χ0v) is 17.6. The average molecular weight is 448 g/mol. The number of anilines is 1. The molecule has 0 saturated carbocycles. The summed E-state index contributed by atoms with van der Waals surface area (Å²) in [4.78, 5) is 15.1. The minimum absolute atomic E-state index is 0.0175. The maximum absolute atomic E-state index is 15.9. The second-order valence-electron chi connectivity index (χ2n) is 8.05. The monoisotopic (exact) mass is 447 g/mol. The fourth-order valence-corrected chi connectivity index (χ4v) is 4.84. The molecule has 3 aromatic rings. The molecule has 2 aliphatic rings. The molecule has 2 aliphatic heterocycles. The Morgan fingerprint density at radius 2 is 2.06 bits per heavy atom. The van der Waals surface area contributed by atoms with Crippen LogP contribution >= 0.6 is 11.6 Å². The van der Waals surface area contributed by atoms with Gasteiger partial charge >= 0.3 is 0 Å². The van der Waals surface area contributed by atoms with E-state index >= 15 is 4.39 Å². The second kappa shape index (κ2) is 7.10. The molecule has 2 aromatic carbocycles. The molecule has 0 aliphatic carbocycles. The average Bonchev–Trinajstić information content (AvgIpc) is 2.72. The number of pyridine rings is 1. The fraction of sp³-hybridized carbons (Fsp3) is 0.318. The molecule has 2 atom stereocenters. The Kier molecular flexibility index (Phi) is 4.60. The molecule has 5 rings (SSSR count). The number of piperazine rings is 1. The van der Waals surface area contributed by atoms with Crippen LogP contribution in [0.2, 0.25) is 5.02 Å². The van der Waals surface area contributed by atoms with Gasteiger partial charge in [0, 0.05) is 37.1 Å². The van der Waals surface area contributed by atoms with E-state index < -0.39 is 22.9 Å². The van der Waals surface area contributed by atoms with Gasteiger partial charge in [-0.3, -0.25) is 4.79 Å². The number of hydrogen-bond donors (Lipinski definition) is 2. The summed E-state index contributed by atoms with van der Waals surface area (Å²) in [7, 11) is 1.43. The molecule has 9 heteroatoms. The Bertz CT molecular complexity index is 1270. The van der Waals surface area contributed by atoms with Gasteiger partial charge in [0.05, 0.1) is 27.8 Å². The van der Waals surface area contributed by atoms with Gasteiger partial charge in [-0.15, -0.1) is 0 Å². The summed E-state index contributed by atoms with van der Waals surface area (Å²) in [5.41, 5.74) is -0.658. The number of ether oxygens (including phenoxy) is 1. The molecular formula is C22H20ClF2N3O3. The first-order chi connectivity index (χ1) is 14.8. The number of benzene rings is 2. The van der Waals surface area contributed by atoms with Crippen molar-refractivity contribution in [3.8, 4) is 22.6 Å². The lowest BCUT2D eigenvalue weighted by Gasteiger charge is -2.44. The number of phenols is 1. The number of aromatic hydroxyl groups is 1. The van der Waals surface area contributed by atoms with Gasteiger partial charge in [-0.1, -0.05) is 17.7 Å². The van der Waals surface area contributed by atoms with Gasteiger partial charge in [0.15, 0.2) is 5.82 Å². The Morgan fingerprint density at radius 3 is 2.81 bits per heavy atom. The zero-order chi connectivity index (χ0) is 22.0. The lowest BCUT2D eigenvalue weighted by molar-refractivity contribution is 0.233. The number of phenolic OH excluding ortho intramolecular Hbond substituents is 1. The summed E-state index contributed by atoms with van der Waals surface area (Å²) < 4.78 is 37.4. The summed E-state index contributed by atoms with van der Waals surface area (Å²) >= 11 is 6.45. The van der Waals surface area contributed by atoms with Gasteiger partial charge in [-0.05, 0) is 25.1 Å². The molecule has 6 nitrogen and oxygen atoms in total. The van der Waals surface area contributed by atoms with Crippen LogP contribution in [0.15, 0.2) is 29.1 Å². The molecule has 31 heavy (non-hydrogen) atoms. The highest BCUT2D eigenvalue weighted by Gasteiger charge is 2.37. The van der Waals surface area contributed by atoms with Crippen molar-refractivity contribution in [3.05, 3.63) is 51.3 Å². The van der Waals surface area contributed by atoms with Gasteiger partial charge < -0.3 is 24.6 Å². The third-order valence-corrected chi connectivity index (χ3v) is 6.36. The van der Waals surface area contributed by atoms with Crippen molar-refractivity contribution in [1.29, 1.82) is 0 Å². The van der Waals surface area contributed by atoms with Gasteiger partial charge in [0.1, 0.15) is 18.2 Å². The number of fused-ring (bicyclic) bond motifs is 5. The Morgan fingerprint density at radius 1 is 1.29 bits per heavy atom. The summed E-state index contributed by atoms with van der Waals surface area (Å²) in [5.74, 6) is -1.99. The van der Waals surface area contributed by atoms with E-state index in [4.69, 9.17) is 16.3 Å². The highest BCUT2D eigenvalue weighted by molar-refractivity contribution is 6.34. The van der Waals surface area contributed by atoms with Crippen LogP contribution in [0.5, 0.6) is 11.5 Å². The van der Waals surface area contributed by atoms with Crippen molar-refractivity contribution in [3.63, 3.8) is 0 Å². The number of rotatable bonds is 1. The number of halogens is 3. The fourth-order valence-electron chi connectivity index (χ4n) is 4.56. The van der Waals surface area contributed by atoms with Crippen molar-refractivity contribution in [2.24, 2.45) is 7.05 Å². The largest absolute Gasteiger partial charge is 0.507 e. The minimum Gasteiger partial charge on any atom is -0.507 e. The van der Waals surface area contributed by atoms with Crippen molar-refractivity contribution < 1.29 is 18.6 Å². The smallest absolute Gasteiger partial charge is 0.295 e. The predicted molar refractivity (Wildman–Crippen MR) is 115 cm³/mol. The summed E-state index contributed by atoms with van der Waals surface area (Å²) in [6.07, 6.45) is 0. The van der Waals surface area contributed by atoms with E-state index in [1.54, 1.807) is 0 Å². The molecule has 0 bridgehead atoms. The quantitative estimate of drug-likeness (QED) is 0.598. The standard InChI is InChI=1S/C22H20ClF2N3O3/c1-10-8-28-11(7-26-10)9-31-21-20(28)12-6-13(23)16(17-14(24)4-3-5-15(17)29)18(25)19(12)27(2)22(21)30/h3-6,10-11,26,29H,7-9H2,1-2H3/t10-,11-/m1/s1. The van der Waals surface area contributed by atoms with Gasteiger partial charge in [0.2, 0.25) is 5.75 Å². The van der Waals surface area contributed by atoms with Gasteiger partial charge in [-0.2, -0.15) is 0 Å². The Labute approximate surface area is 181 Å². The first kappa shape index (κ1) is 20.1. The third-order valence-electron chi connectivity index (χ3n) is 6.06. The Balaban J connectivity index is 1.87. The van der Waals surface area contributed by atoms with Gasteiger partial charge in [0.25, 0.3) is 5.56 Å². The first-order valence-corrected chi connectivity index (χ1v) is 10.3. The van der Waals surface area contributed by atoms with Crippen molar-refractivity contribution in [1.82, 2.24) is 9.88 Å². The molecule has 0 radical (unpaired) electrons. The number of nitrogens with zero attached hydrogens (tertiary/aromatic N) is 2. The van der Waals surface area contributed by atoms with E-state index in [-0.39, 0.29) is 39.5 Å². The van der Waals surface area contributed by atoms with Crippen molar-refractivity contribution in [2.45, 2.75) is 19.0 Å². The SMILES string of the molecule is C[C@@H]1CN2c3c(c(=O)n(C)c4c(F)c(-c5c(O)cccc5F)c(Cl)cc34)OC[C@H]2CN1. The van der Waals surface area contributed by atoms with Crippen LogP contribution in [0, 0.1) is 11.6 Å². The molecule has 162 valence electrons. The van der Waals surface area contributed by atoms with Crippen LogP contribution in [0.25, 0.3) is 22.0 Å².